The van der Waals surface area contributed by atoms with E-state index in [-0.39, 0.29) is 11.7 Å². The van der Waals surface area contributed by atoms with E-state index in [2.05, 4.69) is 0 Å². The van der Waals surface area contributed by atoms with E-state index < -0.39 is 5.60 Å². The number of amidine groups is 1. The molecular formula is C15H22FN3O. The van der Waals surface area contributed by atoms with Crippen molar-refractivity contribution in [3.8, 4) is 0 Å². The molecule has 1 aromatic carbocycles. The SMILES string of the molecule is CN(Cc1ccc(C(=N)N)cc1F)CC1(O)CCCC1. The molecule has 0 amide bonds. The summed E-state index contributed by atoms with van der Waals surface area (Å²) in [6.45, 7) is 0.993. The van der Waals surface area contributed by atoms with E-state index >= 15 is 0 Å². The van der Waals surface area contributed by atoms with Gasteiger partial charge in [0.25, 0.3) is 0 Å². The van der Waals surface area contributed by atoms with Crippen molar-refractivity contribution >= 4 is 5.84 Å². The third-order valence-electron chi connectivity index (χ3n) is 3.90. The number of rotatable bonds is 5. The molecule has 1 aliphatic carbocycles. The summed E-state index contributed by atoms with van der Waals surface area (Å²) >= 11 is 0. The van der Waals surface area contributed by atoms with Crippen LogP contribution in [0, 0.1) is 11.2 Å². The number of nitrogen functional groups attached to an aromatic ring is 1. The van der Waals surface area contributed by atoms with Crippen LogP contribution < -0.4 is 5.73 Å². The van der Waals surface area contributed by atoms with Gasteiger partial charge in [0.2, 0.25) is 0 Å². The second-order valence-corrected chi connectivity index (χ2v) is 5.82. The van der Waals surface area contributed by atoms with Gasteiger partial charge in [0.1, 0.15) is 11.7 Å². The summed E-state index contributed by atoms with van der Waals surface area (Å²) < 4.78 is 13.9. The minimum atomic E-state index is -0.620. The van der Waals surface area contributed by atoms with Gasteiger partial charge >= 0.3 is 0 Å². The molecule has 0 radical (unpaired) electrons. The molecule has 4 N–H and O–H groups in total. The predicted molar refractivity (Wildman–Crippen MR) is 77.2 cm³/mol. The highest BCUT2D eigenvalue weighted by Gasteiger charge is 2.32. The molecule has 1 fully saturated rings. The fourth-order valence-electron chi connectivity index (χ4n) is 2.88. The van der Waals surface area contributed by atoms with Crippen LogP contribution >= 0.6 is 0 Å². The average Bonchev–Trinajstić information content (AvgIpc) is 2.77. The molecule has 20 heavy (non-hydrogen) atoms. The molecule has 0 aliphatic heterocycles. The Morgan fingerprint density at radius 2 is 2.10 bits per heavy atom. The minimum absolute atomic E-state index is 0.135. The summed E-state index contributed by atoms with van der Waals surface area (Å²) in [7, 11) is 1.88. The van der Waals surface area contributed by atoms with Crippen molar-refractivity contribution in [3.63, 3.8) is 0 Å². The lowest BCUT2D eigenvalue weighted by Gasteiger charge is -2.28. The van der Waals surface area contributed by atoms with Crippen LogP contribution in [0.3, 0.4) is 0 Å². The molecule has 0 saturated heterocycles. The van der Waals surface area contributed by atoms with Crippen LogP contribution in [0.5, 0.6) is 0 Å². The molecule has 0 aromatic heterocycles. The first kappa shape index (κ1) is 14.9. The number of nitrogens with two attached hydrogens (primary N) is 1. The summed E-state index contributed by atoms with van der Waals surface area (Å²) in [5, 5.41) is 17.6. The maximum absolute atomic E-state index is 13.9. The van der Waals surface area contributed by atoms with Crippen molar-refractivity contribution in [2.75, 3.05) is 13.6 Å². The summed E-state index contributed by atoms with van der Waals surface area (Å²) in [5.41, 5.74) is 5.66. The molecule has 1 aromatic rings. The van der Waals surface area contributed by atoms with Crippen LogP contribution in [0.2, 0.25) is 0 Å². The van der Waals surface area contributed by atoms with Gasteiger partial charge in [-0.05, 0) is 26.0 Å². The van der Waals surface area contributed by atoms with E-state index in [0.717, 1.165) is 25.7 Å². The molecule has 1 aliphatic rings. The number of halogens is 1. The summed E-state index contributed by atoms with van der Waals surface area (Å²) in [6.07, 6.45) is 3.77. The van der Waals surface area contributed by atoms with Crippen LogP contribution in [-0.4, -0.2) is 35.0 Å². The third-order valence-corrected chi connectivity index (χ3v) is 3.90. The molecule has 0 heterocycles. The van der Waals surface area contributed by atoms with Crippen LogP contribution in [0.1, 0.15) is 36.8 Å². The van der Waals surface area contributed by atoms with Crippen molar-refractivity contribution in [1.29, 1.82) is 5.41 Å². The number of benzene rings is 1. The zero-order chi connectivity index (χ0) is 14.8. The molecule has 0 bridgehead atoms. The second kappa shape index (κ2) is 5.89. The lowest BCUT2D eigenvalue weighted by molar-refractivity contribution is 0.0143. The molecule has 2 rings (SSSR count). The summed E-state index contributed by atoms with van der Waals surface area (Å²) in [4.78, 5) is 1.94. The predicted octanol–water partition coefficient (Wildman–Crippen LogP) is 1.85. The van der Waals surface area contributed by atoms with Gasteiger partial charge in [-0.1, -0.05) is 25.0 Å². The lowest BCUT2D eigenvalue weighted by atomic mass is 10.0. The number of hydrogen-bond acceptors (Lipinski definition) is 3. The fraction of sp³-hybridized carbons (Fsp3) is 0.533. The van der Waals surface area contributed by atoms with Gasteiger partial charge in [-0.3, -0.25) is 10.3 Å². The lowest BCUT2D eigenvalue weighted by Crippen LogP contribution is -2.38. The summed E-state index contributed by atoms with van der Waals surface area (Å²) in [6, 6.07) is 4.59. The van der Waals surface area contributed by atoms with Crippen molar-refractivity contribution < 1.29 is 9.50 Å². The Morgan fingerprint density at radius 3 is 2.65 bits per heavy atom. The van der Waals surface area contributed by atoms with E-state index in [1.54, 1.807) is 12.1 Å². The van der Waals surface area contributed by atoms with Gasteiger partial charge in [-0.25, -0.2) is 4.39 Å². The maximum atomic E-state index is 13.9. The highest BCUT2D eigenvalue weighted by atomic mass is 19.1. The Labute approximate surface area is 118 Å². The highest BCUT2D eigenvalue weighted by Crippen LogP contribution is 2.30. The summed E-state index contributed by atoms with van der Waals surface area (Å²) in [5.74, 6) is -0.493. The van der Waals surface area contributed by atoms with Gasteiger partial charge in [-0.2, -0.15) is 0 Å². The largest absolute Gasteiger partial charge is 0.389 e. The Bertz CT molecular complexity index is 498. The van der Waals surface area contributed by atoms with Gasteiger partial charge in [-0.15, -0.1) is 0 Å². The van der Waals surface area contributed by atoms with E-state index in [1.807, 2.05) is 11.9 Å². The zero-order valence-corrected chi connectivity index (χ0v) is 11.8. The van der Waals surface area contributed by atoms with E-state index in [0.29, 0.717) is 24.2 Å². The normalized spacial score (nSPS) is 17.6. The monoisotopic (exact) mass is 279 g/mol. The maximum Gasteiger partial charge on any atom is 0.128 e. The number of aliphatic hydroxyl groups is 1. The number of likely N-dealkylation sites (N-methyl/N-ethyl adjacent to an activating group) is 1. The minimum Gasteiger partial charge on any atom is -0.389 e. The molecule has 0 spiro atoms. The quantitative estimate of drug-likeness (QED) is 0.569. The molecule has 1 saturated carbocycles. The van der Waals surface area contributed by atoms with Crippen LogP contribution in [0.15, 0.2) is 18.2 Å². The molecule has 5 heteroatoms. The fourth-order valence-corrected chi connectivity index (χ4v) is 2.88. The van der Waals surface area contributed by atoms with Gasteiger partial charge in [0.15, 0.2) is 0 Å². The first-order chi connectivity index (χ1) is 9.39. The number of hydrogen-bond donors (Lipinski definition) is 3. The molecule has 0 unspecified atom stereocenters. The Morgan fingerprint density at radius 1 is 1.45 bits per heavy atom. The van der Waals surface area contributed by atoms with Gasteiger partial charge in [0.05, 0.1) is 5.60 Å². The molecule has 0 atom stereocenters. The first-order valence-corrected chi connectivity index (χ1v) is 6.93. The van der Waals surface area contributed by atoms with Crippen molar-refractivity contribution in [2.24, 2.45) is 5.73 Å². The Balaban J connectivity index is 2.00. The average molecular weight is 279 g/mol. The standard InChI is InChI=1S/C15H22FN3O/c1-19(10-15(20)6-2-3-7-15)9-12-5-4-11(14(17)18)8-13(12)16/h4-5,8,20H,2-3,6-7,9-10H2,1H3,(H3,17,18). The first-order valence-electron chi connectivity index (χ1n) is 6.93. The van der Waals surface area contributed by atoms with Crippen molar-refractivity contribution in [3.05, 3.63) is 35.1 Å². The number of nitrogens with one attached hydrogen (secondary N) is 1. The zero-order valence-electron chi connectivity index (χ0n) is 11.8. The van der Waals surface area contributed by atoms with E-state index in [4.69, 9.17) is 11.1 Å². The molecule has 4 nitrogen and oxygen atoms in total. The Hall–Kier alpha value is -1.46. The van der Waals surface area contributed by atoms with Crippen LogP contribution in [0.25, 0.3) is 0 Å². The Kier molecular flexibility index (Phi) is 4.40. The second-order valence-electron chi connectivity index (χ2n) is 5.82. The molecular weight excluding hydrogens is 257 g/mol. The van der Waals surface area contributed by atoms with Crippen LogP contribution in [0.4, 0.5) is 4.39 Å². The third kappa shape index (κ3) is 3.55. The smallest absolute Gasteiger partial charge is 0.128 e. The molecule has 110 valence electrons. The van der Waals surface area contributed by atoms with Crippen molar-refractivity contribution in [2.45, 2.75) is 37.8 Å². The van der Waals surface area contributed by atoms with Crippen molar-refractivity contribution in [1.82, 2.24) is 4.90 Å². The highest BCUT2D eigenvalue weighted by molar-refractivity contribution is 5.94. The van der Waals surface area contributed by atoms with E-state index in [1.165, 1.54) is 6.07 Å². The van der Waals surface area contributed by atoms with Gasteiger partial charge in [0, 0.05) is 24.2 Å². The van der Waals surface area contributed by atoms with Gasteiger partial charge < -0.3 is 10.8 Å². The van der Waals surface area contributed by atoms with E-state index in [9.17, 15) is 9.50 Å². The topological polar surface area (TPSA) is 73.3 Å². The number of nitrogens with zero attached hydrogens (tertiary/aromatic N) is 1. The van der Waals surface area contributed by atoms with Crippen LogP contribution in [-0.2, 0) is 6.54 Å².